The van der Waals surface area contributed by atoms with E-state index in [1.165, 1.54) is 0 Å². The summed E-state index contributed by atoms with van der Waals surface area (Å²) in [5.41, 5.74) is 0. The average Bonchev–Trinajstić information content (AvgIpc) is 2.47. The second-order valence-electron chi connectivity index (χ2n) is 4.54. The number of ether oxygens (including phenoxy) is 2. The summed E-state index contributed by atoms with van der Waals surface area (Å²) in [6.07, 6.45) is 3.37. The normalized spacial score (nSPS) is 16.2. The molecule has 1 aromatic rings. The summed E-state index contributed by atoms with van der Waals surface area (Å²) in [6, 6.07) is 3.76. The number of pyridine rings is 1. The molecule has 0 atom stereocenters. The van der Waals surface area contributed by atoms with Gasteiger partial charge in [0.1, 0.15) is 0 Å². The molecule has 2 heterocycles. The molecule has 2 rings (SSSR count). The molecule has 0 saturated carbocycles. The molecule has 1 fully saturated rings. The molecule has 1 aromatic heterocycles. The lowest BCUT2D eigenvalue weighted by atomic mass is 9.97. The zero-order valence-electron chi connectivity index (χ0n) is 11.5. The van der Waals surface area contributed by atoms with Gasteiger partial charge >= 0.3 is 5.97 Å². The largest absolute Gasteiger partial charge is 0.493 e. The molecule has 0 N–H and O–H groups in total. The standard InChI is InChI=1S/C14H20N2O3/c1-3-19-14(17)11-6-9-16(10-7-11)13-12(18-2)5-4-8-15-13/h4-5,8,11H,3,6-7,9-10H2,1-2H3. The van der Waals surface area contributed by atoms with E-state index >= 15 is 0 Å². The number of hydrogen-bond acceptors (Lipinski definition) is 5. The van der Waals surface area contributed by atoms with Gasteiger partial charge in [0.25, 0.3) is 0 Å². The molecule has 0 radical (unpaired) electrons. The van der Waals surface area contributed by atoms with Gasteiger partial charge in [-0.3, -0.25) is 4.79 Å². The van der Waals surface area contributed by atoms with Crippen molar-refractivity contribution in [3.8, 4) is 5.75 Å². The van der Waals surface area contributed by atoms with Gasteiger partial charge in [0.2, 0.25) is 0 Å². The van der Waals surface area contributed by atoms with E-state index in [4.69, 9.17) is 9.47 Å². The first-order valence-corrected chi connectivity index (χ1v) is 6.66. The minimum Gasteiger partial charge on any atom is -0.493 e. The zero-order chi connectivity index (χ0) is 13.7. The maximum absolute atomic E-state index is 11.7. The highest BCUT2D eigenvalue weighted by Crippen LogP contribution is 2.29. The Morgan fingerprint density at radius 1 is 1.47 bits per heavy atom. The van der Waals surface area contributed by atoms with E-state index in [2.05, 4.69) is 9.88 Å². The highest BCUT2D eigenvalue weighted by Gasteiger charge is 2.27. The van der Waals surface area contributed by atoms with Crippen molar-refractivity contribution in [3.05, 3.63) is 18.3 Å². The van der Waals surface area contributed by atoms with Crippen molar-refractivity contribution >= 4 is 11.8 Å². The number of aromatic nitrogens is 1. The fraction of sp³-hybridized carbons (Fsp3) is 0.571. The first-order valence-electron chi connectivity index (χ1n) is 6.66. The minimum atomic E-state index is -0.0739. The first-order chi connectivity index (χ1) is 9.26. The SMILES string of the molecule is CCOC(=O)C1CCN(c2ncccc2OC)CC1. The van der Waals surface area contributed by atoms with Crippen LogP contribution in [0.5, 0.6) is 5.75 Å². The van der Waals surface area contributed by atoms with Gasteiger partial charge in [0, 0.05) is 19.3 Å². The maximum atomic E-state index is 11.7. The van der Waals surface area contributed by atoms with Gasteiger partial charge in [0.05, 0.1) is 19.6 Å². The van der Waals surface area contributed by atoms with Gasteiger partial charge in [-0.15, -0.1) is 0 Å². The van der Waals surface area contributed by atoms with Crippen LogP contribution in [0.25, 0.3) is 0 Å². The van der Waals surface area contributed by atoms with Crippen molar-refractivity contribution in [2.45, 2.75) is 19.8 Å². The van der Waals surface area contributed by atoms with Gasteiger partial charge in [-0.05, 0) is 31.9 Å². The molecule has 0 bridgehead atoms. The van der Waals surface area contributed by atoms with E-state index < -0.39 is 0 Å². The molecular formula is C14H20N2O3. The summed E-state index contributed by atoms with van der Waals surface area (Å²) in [5.74, 6) is 1.57. The van der Waals surface area contributed by atoms with Crippen LogP contribution >= 0.6 is 0 Å². The summed E-state index contributed by atoms with van der Waals surface area (Å²) in [7, 11) is 1.64. The molecule has 0 spiro atoms. The minimum absolute atomic E-state index is 0.0194. The van der Waals surface area contributed by atoms with Crippen molar-refractivity contribution in [1.29, 1.82) is 0 Å². The number of rotatable bonds is 4. The molecular weight excluding hydrogens is 244 g/mol. The van der Waals surface area contributed by atoms with E-state index in [1.807, 2.05) is 19.1 Å². The fourth-order valence-corrected chi connectivity index (χ4v) is 2.37. The zero-order valence-corrected chi connectivity index (χ0v) is 11.5. The Morgan fingerprint density at radius 3 is 2.84 bits per heavy atom. The van der Waals surface area contributed by atoms with Crippen LogP contribution in [0.1, 0.15) is 19.8 Å². The molecule has 5 heteroatoms. The maximum Gasteiger partial charge on any atom is 0.309 e. The summed E-state index contributed by atoms with van der Waals surface area (Å²) < 4.78 is 10.4. The van der Waals surface area contributed by atoms with Crippen LogP contribution in [-0.4, -0.2) is 37.8 Å². The van der Waals surface area contributed by atoms with Crippen molar-refractivity contribution < 1.29 is 14.3 Å². The number of hydrogen-bond donors (Lipinski definition) is 0. The summed E-state index contributed by atoms with van der Waals surface area (Å²) in [4.78, 5) is 18.2. The summed E-state index contributed by atoms with van der Waals surface area (Å²) in [6.45, 7) is 3.90. The van der Waals surface area contributed by atoms with Gasteiger partial charge < -0.3 is 14.4 Å². The lowest BCUT2D eigenvalue weighted by molar-refractivity contribution is -0.148. The van der Waals surface area contributed by atoms with Crippen molar-refractivity contribution in [2.75, 3.05) is 31.7 Å². The molecule has 0 aromatic carbocycles. The average molecular weight is 264 g/mol. The molecule has 1 aliphatic heterocycles. The smallest absolute Gasteiger partial charge is 0.309 e. The van der Waals surface area contributed by atoms with Crippen LogP contribution in [0.3, 0.4) is 0 Å². The quantitative estimate of drug-likeness (QED) is 0.777. The number of methoxy groups -OCH3 is 1. The van der Waals surface area contributed by atoms with E-state index in [9.17, 15) is 4.79 Å². The highest BCUT2D eigenvalue weighted by molar-refractivity contribution is 5.73. The third kappa shape index (κ3) is 3.16. The highest BCUT2D eigenvalue weighted by atomic mass is 16.5. The molecule has 0 aliphatic carbocycles. The molecule has 1 saturated heterocycles. The van der Waals surface area contributed by atoms with Crippen molar-refractivity contribution in [1.82, 2.24) is 4.98 Å². The van der Waals surface area contributed by atoms with Crippen molar-refractivity contribution in [3.63, 3.8) is 0 Å². The van der Waals surface area contributed by atoms with Crippen molar-refractivity contribution in [2.24, 2.45) is 5.92 Å². The van der Waals surface area contributed by atoms with Gasteiger partial charge in [0.15, 0.2) is 11.6 Å². The number of carbonyl (C=O) groups excluding carboxylic acids is 1. The monoisotopic (exact) mass is 264 g/mol. The summed E-state index contributed by atoms with van der Waals surface area (Å²) in [5, 5.41) is 0. The molecule has 1 aliphatic rings. The molecule has 19 heavy (non-hydrogen) atoms. The third-order valence-electron chi connectivity index (χ3n) is 3.39. The van der Waals surface area contributed by atoms with Crippen LogP contribution in [0, 0.1) is 5.92 Å². The number of anilines is 1. The van der Waals surface area contributed by atoms with Crippen LogP contribution in [0.15, 0.2) is 18.3 Å². The van der Waals surface area contributed by atoms with Gasteiger partial charge in [-0.25, -0.2) is 4.98 Å². The van der Waals surface area contributed by atoms with E-state index in [-0.39, 0.29) is 11.9 Å². The Balaban J connectivity index is 1.98. The second-order valence-corrected chi connectivity index (χ2v) is 4.54. The van der Waals surface area contributed by atoms with E-state index in [1.54, 1.807) is 13.3 Å². The summed E-state index contributed by atoms with van der Waals surface area (Å²) >= 11 is 0. The van der Waals surface area contributed by atoms with E-state index in [0.29, 0.717) is 6.61 Å². The molecule has 5 nitrogen and oxygen atoms in total. The Hall–Kier alpha value is -1.78. The fourth-order valence-electron chi connectivity index (χ4n) is 2.37. The lowest BCUT2D eigenvalue weighted by Gasteiger charge is -2.32. The molecule has 0 amide bonds. The Morgan fingerprint density at radius 2 is 2.21 bits per heavy atom. The van der Waals surface area contributed by atoms with Crippen LogP contribution in [-0.2, 0) is 9.53 Å². The van der Waals surface area contributed by atoms with Gasteiger partial charge in [-0.1, -0.05) is 0 Å². The lowest BCUT2D eigenvalue weighted by Crippen LogP contribution is -2.37. The predicted molar refractivity (Wildman–Crippen MR) is 72.4 cm³/mol. The third-order valence-corrected chi connectivity index (χ3v) is 3.39. The number of nitrogens with zero attached hydrogens (tertiary/aromatic N) is 2. The molecule has 104 valence electrons. The second kappa shape index (κ2) is 6.41. The Kier molecular flexibility index (Phi) is 4.60. The molecule has 0 unspecified atom stereocenters. The van der Waals surface area contributed by atoms with Gasteiger partial charge in [-0.2, -0.15) is 0 Å². The number of piperidine rings is 1. The van der Waals surface area contributed by atoms with E-state index in [0.717, 1.165) is 37.5 Å². The number of carbonyl (C=O) groups is 1. The number of esters is 1. The topological polar surface area (TPSA) is 51.7 Å². The van der Waals surface area contributed by atoms with Crippen LogP contribution < -0.4 is 9.64 Å². The predicted octanol–water partition coefficient (Wildman–Crippen LogP) is 1.87. The van der Waals surface area contributed by atoms with Crippen LogP contribution in [0.4, 0.5) is 5.82 Å². The van der Waals surface area contributed by atoms with Crippen LogP contribution in [0.2, 0.25) is 0 Å². The Bertz CT molecular complexity index is 428. The Labute approximate surface area is 113 Å². The first kappa shape index (κ1) is 13.6.